The van der Waals surface area contributed by atoms with Gasteiger partial charge >= 0.3 is 0 Å². The van der Waals surface area contributed by atoms with Gasteiger partial charge in [0.1, 0.15) is 3.70 Å². The van der Waals surface area contributed by atoms with Gasteiger partial charge in [-0.1, -0.05) is 0 Å². The van der Waals surface area contributed by atoms with Crippen molar-refractivity contribution in [3.05, 3.63) is 22.0 Å². The summed E-state index contributed by atoms with van der Waals surface area (Å²) in [6.07, 6.45) is 3.72. The summed E-state index contributed by atoms with van der Waals surface area (Å²) < 4.78 is 0.949. The quantitative estimate of drug-likeness (QED) is 0.621. The second-order valence-corrected chi connectivity index (χ2v) is 5.41. The molecule has 0 bridgehead atoms. The zero-order valence-corrected chi connectivity index (χ0v) is 10.9. The van der Waals surface area contributed by atoms with Crippen LogP contribution in [0.15, 0.2) is 18.3 Å². The van der Waals surface area contributed by atoms with E-state index >= 15 is 0 Å². The van der Waals surface area contributed by atoms with E-state index in [2.05, 4.69) is 32.9 Å². The van der Waals surface area contributed by atoms with Crippen molar-refractivity contribution >= 4 is 34.2 Å². The number of carbonyl (C=O) groups is 1. The lowest BCUT2D eigenvalue weighted by Gasteiger charge is -2.33. The fourth-order valence-electron chi connectivity index (χ4n) is 2.13. The number of amides is 1. The molecule has 84 valence electrons. The fraction of sp³-hybridized carbons (Fsp3) is 0.455. The van der Waals surface area contributed by atoms with Crippen LogP contribution in [0.5, 0.6) is 0 Å². The van der Waals surface area contributed by atoms with Gasteiger partial charge in [0.15, 0.2) is 0 Å². The predicted octanol–water partition coefficient (Wildman–Crippen LogP) is 1.15. The highest BCUT2D eigenvalue weighted by molar-refractivity contribution is 14.1. The first kappa shape index (κ1) is 10.5. The van der Waals surface area contributed by atoms with Crippen LogP contribution in [0.25, 0.3) is 0 Å². The van der Waals surface area contributed by atoms with Crippen molar-refractivity contribution in [3.8, 4) is 0 Å². The minimum absolute atomic E-state index is 0.210. The summed E-state index contributed by atoms with van der Waals surface area (Å²) in [4.78, 5) is 18.3. The molecule has 1 aliphatic carbocycles. The number of anilines is 1. The first-order chi connectivity index (χ1) is 7.71. The lowest BCUT2D eigenvalue weighted by Crippen LogP contribution is -2.57. The average Bonchev–Trinajstić information content (AvgIpc) is 3.05. The topological polar surface area (TPSA) is 45.2 Å². The Morgan fingerprint density at radius 3 is 2.88 bits per heavy atom. The number of rotatable bonds is 1. The summed E-state index contributed by atoms with van der Waals surface area (Å²) in [5.41, 5.74) is 0.680. The molecule has 1 spiro atoms. The SMILES string of the molecule is O=C1N(c2ccc(I)nc2)CCNC12CC2. The maximum Gasteiger partial charge on any atom is 0.247 e. The first-order valence-electron chi connectivity index (χ1n) is 5.40. The third-order valence-electron chi connectivity index (χ3n) is 3.23. The lowest BCUT2D eigenvalue weighted by molar-refractivity contribution is -0.122. The average molecular weight is 329 g/mol. The number of pyridine rings is 1. The molecule has 1 N–H and O–H groups in total. The zero-order chi connectivity index (χ0) is 11.2. The number of nitrogens with one attached hydrogen (secondary N) is 1. The molecule has 1 amide bonds. The van der Waals surface area contributed by atoms with Crippen LogP contribution in [0, 0.1) is 3.70 Å². The van der Waals surface area contributed by atoms with Crippen molar-refractivity contribution in [2.75, 3.05) is 18.0 Å². The summed E-state index contributed by atoms with van der Waals surface area (Å²) in [5, 5.41) is 3.32. The Kier molecular flexibility index (Phi) is 2.39. The van der Waals surface area contributed by atoms with Crippen LogP contribution < -0.4 is 10.2 Å². The van der Waals surface area contributed by atoms with E-state index in [4.69, 9.17) is 0 Å². The van der Waals surface area contributed by atoms with Crippen molar-refractivity contribution in [3.63, 3.8) is 0 Å². The smallest absolute Gasteiger partial charge is 0.247 e. The molecule has 1 saturated carbocycles. The summed E-state index contributed by atoms with van der Waals surface area (Å²) >= 11 is 2.16. The van der Waals surface area contributed by atoms with Gasteiger partial charge in [-0.05, 0) is 47.6 Å². The van der Waals surface area contributed by atoms with E-state index in [0.29, 0.717) is 0 Å². The van der Waals surface area contributed by atoms with Crippen LogP contribution in [0.2, 0.25) is 0 Å². The second-order valence-electron chi connectivity index (χ2n) is 4.30. The number of carbonyl (C=O) groups excluding carboxylic acids is 1. The van der Waals surface area contributed by atoms with Crippen LogP contribution in [-0.4, -0.2) is 29.5 Å². The number of nitrogens with zero attached hydrogens (tertiary/aromatic N) is 2. The third-order valence-corrected chi connectivity index (χ3v) is 3.86. The van der Waals surface area contributed by atoms with Crippen molar-refractivity contribution in [2.45, 2.75) is 18.4 Å². The van der Waals surface area contributed by atoms with Gasteiger partial charge in [-0.2, -0.15) is 0 Å². The van der Waals surface area contributed by atoms with Crippen LogP contribution in [0.1, 0.15) is 12.8 Å². The standard InChI is InChI=1S/C11H12IN3O/c12-9-2-1-8(7-13-9)15-6-5-14-11(3-4-11)10(15)16/h1-2,7,14H,3-6H2. The summed E-state index contributed by atoms with van der Waals surface area (Å²) in [7, 11) is 0. The van der Waals surface area contributed by atoms with E-state index in [9.17, 15) is 4.79 Å². The number of aromatic nitrogens is 1. The molecule has 0 aromatic carbocycles. The second kappa shape index (κ2) is 3.66. The summed E-state index contributed by atoms with van der Waals surface area (Å²) in [5.74, 6) is 0.210. The molecule has 2 aliphatic rings. The maximum absolute atomic E-state index is 12.2. The van der Waals surface area contributed by atoms with Gasteiger partial charge in [0.2, 0.25) is 5.91 Å². The van der Waals surface area contributed by atoms with Crippen molar-refractivity contribution in [2.24, 2.45) is 0 Å². The van der Waals surface area contributed by atoms with Crippen molar-refractivity contribution in [1.82, 2.24) is 10.3 Å². The Morgan fingerprint density at radius 2 is 2.25 bits per heavy atom. The summed E-state index contributed by atoms with van der Waals surface area (Å²) in [6, 6.07) is 3.90. The number of halogens is 1. The van der Waals surface area contributed by atoms with Crippen molar-refractivity contribution in [1.29, 1.82) is 0 Å². The van der Waals surface area contributed by atoms with Crippen molar-refractivity contribution < 1.29 is 4.79 Å². The fourth-order valence-corrected chi connectivity index (χ4v) is 2.45. The summed E-state index contributed by atoms with van der Waals surface area (Å²) in [6.45, 7) is 1.61. The third kappa shape index (κ3) is 1.62. The molecule has 1 aromatic heterocycles. The zero-order valence-electron chi connectivity index (χ0n) is 8.74. The molecule has 3 rings (SSSR count). The van der Waals surface area contributed by atoms with Crippen LogP contribution in [0.3, 0.4) is 0 Å². The van der Waals surface area contributed by atoms with E-state index in [1.807, 2.05) is 17.0 Å². The lowest BCUT2D eigenvalue weighted by atomic mass is 10.1. The molecule has 2 heterocycles. The number of piperazine rings is 1. The van der Waals surface area contributed by atoms with Gasteiger partial charge in [-0.15, -0.1) is 0 Å². The van der Waals surface area contributed by atoms with Crippen LogP contribution >= 0.6 is 22.6 Å². The van der Waals surface area contributed by atoms with Gasteiger partial charge in [0, 0.05) is 13.1 Å². The van der Waals surface area contributed by atoms with Crippen LogP contribution in [0.4, 0.5) is 5.69 Å². The van der Waals surface area contributed by atoms with Gasteiger partial charge in [0.25, 0.3) is 0 Å². The van der Waals surface area contributed by atoms with Gasteiger partial charge in [-0.3, -0.25) is 4.79 Å². The van der Waals surface area contributed by atoms with E-state index in [1.165, 1.54) is 0 Å². The first-order valence-corrected chi connectivity index (χ1v) is 6.48. The molecule has 1 aliphatic heterocycles. The number of hydrogen-bond donors (Lipinski definition) is 1. The minimum Gasteiger partial charge on any atom is -0.308 e. The van der Waals surface area contributed by atoms with E-state index in [1.54, 1.807) is 6.20 Å². The normalized spacial score (nSPS) is 22.6. The highest BCUT2D eigenvalue weighted by Gasteiger charge is 2.53. The molecule has 4 nitrogen and oxygen atoms in total. The molecule has 1 aromatic rings. The molecule has 1 saturated heterocycles. The van der Waals surface area contributed by atoms with Gasteiger partial charge in [0.05, 0.1) is 17.4 Å². The Labute approximate surface area is 108 Å². The Bertz CT molecular complexity index is 427. The van der Waals surface area contributed by atoms with E-state index < -0.39 is 0 Å². The molecular formula is C11H12IN3O. The van der Waals surface area contributed by atoms with Gasteiger partial charge < -0.3 is 10.2 Å². The van der Waals surface area contributed by atoms with Gasteiger partial charge in [-0.25, -0.2) is 4.98 Å². The molecule has 5 heteroatoms. The highest BCUT2D eigenvalue weighted by Crippen LogP contribution is 2.39. The molecule has 0 radical (unpaired) electrons. The van der Waals surface area contributed by atoms with Crippen LogP contribution in [-0.2, 0) is 4.79 Å². The minimum atomic E-state index is -0.235. The Morgan fingerprint density at radius 1 is 1.44 bits per heavy atom. The largest absolute Gasteiger partial charge is 0.308 e. The molecule has 0 atom stereocenters. The highest BCUT2D eigenvalue weighted by atomic mass is 127. The molecule has 0 unspecified atom stereocenters. The number of hydrogen-bond acceptors (Lipinski definition) is 3. The van der Waals surface area contributed by atoms with E-state index in [0.717, 1.165) is 35.3 Å². The monoisotopic (exact) mass is 329 g/mol. The van der Waals surface area contributed by atoms with E-state index in [-0.39, 0.29) is 11.4 Å². The Balaban J connectivity index is 1.89. The maximum atomic E-state index is 12.2. The Hall–Kier alpha value is -0.690. The predicted molar refractivity (Wildman–Crippen MR) is 69.3 cm³/mol. The molecule has 16 heavy (non-hydrogen) atoms. The molecule has 2 fully saturated rings. The molecular weight excluding hydrogens is 317 g/mol.